The largest absolute Gasteiger partial charge is 0.392 e. The lowest BCUT2D eigenvalue weighted by Gasteiger charge is -2.49. The zero-order valence-electron chi connectivity index (χ0n) is 11.7. The second kappa shape index (κ2) is 5.64. The monoisotopic (exact) mass is 259 g/mol. The van der Waals surface area contributed by atoms with Gasteiger partial charge in [0.1, 0.15) is 0 Å². The Kier molecular flexibility index (Phi) is 3.90. The summed E-state index contributed by atoms with van der Waals surface area (Å²) in [5.41, 5.74) is 1.66. The second-order valence-corrected chi connectivity index (χ2v) is 6.20. The maximum absolute atomic E-state index is 10.0. The first-order valence-corrected chi connectivity index (χ1v) is 7.80. The summed E-state index contributed by atoms with van der Waals surface area (Å²) >= 11 is 0. The molecule has 2 heteroatoms. The van der Waals surface area contributed by atoms with Crippen molar-refractivity contribution in [2.45, 2.75) is 56.6 Å². The first-order chi connectivity index (χ1) is 9.31. The van der Waals surface area contributed by atoms with E-state index in [1.807, 2.05) is 0 Å². The van der Waals surface area contributed by atoms with Crippen LogP contribution in [0.3, 0.4) is 0 Å². The van der Waals surface area contributed by atoms with Gasteiger partial charge in [-0.15, -0.1) is 0 Å². The molecule has 1 atom stereocenters. The molecule has 1 aromatic rings. The van der Waals surface area contributed by atoms with E-state index in [-0.39, 0.29) is 11.6 Å². The van der Waals surface area contributed by atoms with Crippen molar-refractivity contribution in [1.29, 1.82) is 0 Å². The van der Waals surface area contributed by atoms with Crippen LogP contribution in [0.15, 0.2) is 30.3 Å². The summed E-state index contributed by atoms with van der Waals surface area (Å²) in [7, 11) is 0. The third-order valence-electron chi connectivity index (χ3n) is 4.99. The summed E-state index contributed by atoms with van der Waals surface area (Å²) in [6.07, 6.45) is 8.50. The maximum Gasteiger partial charge on any atom is 0.0667 e. The van der Waals surface area contributed by atoms with Crippen molar-refractivity contribution in [2.75, 3.05) is 13.1 Å². The van der Waals surface area contributed by atoms with E-state index in [1.54, 1.807) is 0 Å². The molecular formula is C17H25NO. The predicted molar refractivity (Wildman–Crippen MR) is 78.0 cm³/mol. The number of aliphatic hydroxyl groups excluding tert-OH is 1. The fourth-order valence-electron chi connectivity index (χ4n) is 4.02. The Morgan fingerprint density at radius 1 is 1.00 bits per heavy atom. The molecule has 0 unspecified atom stereocenters. The Labute approximate surface area is 116 Å². The highest BCUT2D eigenvalue weighted by Gasteiger charge is 2.40. The molecule has 1 saturated heterocycles. The predicted octanol–water partition coefficient (Wildman–Crippen LogP) is 3.30. The Morgan fingerprint density at radius 3 is 2.42 bits per heavy atom. The summed E-state index contributed by atoms with van der Waals surface area (Å²) in [4.78, 5) is 2.58. The summed E-state index contributed by atoms with van der Waals surface area (Å²) < 4.78 is 0. The van der Waals surface area contributed by atoms with Crippen molar-refractivity contribution in [3.8, 4) is 0 Å². The van der Waals surface area contributed by atoms with Gasteiger partial charge in [0.25, 0.3) is 0 Å². The van der Waals surface area contributed by atoms with Crippen molar-refractivity contribution < 1.29 is 5.11 Å². The van der Waals surface area contributed by atoms with E-state index in [0.717, 1.165) is 25.9 Å². The minimum Gasteiger partial charge on any atom is -0.392 e. The number of hydrogen-bond donors (Lipinski definition) is 1. The fourth-order valence-corrected chi connectivity index (χ4v) is 4.02. The number of nitrogens with zero attached hydrogens (tertiary/aromatic N) is 1. The van der Waals surface area contributed by atoms with Crippen LogP contribution >= 0.6 is 0 Å². The van der Waals surface area contributed by atoms with Crippen LogP contribution in [0.2, 0.25) is 0 Å². The molecular weight excluding hydrogens is 234 g/mol. The average Bonchev–Trinajstić information content (AvgIpc) is 2.49. The van der Waals surface area contributed by atoms with Gasteiger partial charge in [-0.2, -0.15) is 0 Å². The molecule has 0 bridgehead atoms. The minimum absolute atomic E-state index is 0.128. The standard InChI is InChI=1S/C17H25NO/c19-16-10-7-13-18(14-16)17(11-5-2-6-12-17)15-8-3-1-4-9-15/h1,3-4,8-9,16,19H,2,5-7,10-14H2/t16-/m0/s1. The van der Waals surface area contributed by atoms with Gasteiger partial charge in [0.05, 0.1) is 6.10 Å². The molecule has 1 aromatic carbocycles. The number of benzene rings is 1. The summed E-state index contributed by atoms with van der Waals surface area (Å²) in [6.45, 7) is 2.00. The van der Waals surface area contributed by atoms with E-state index < -0.39 is 0 Å². The van der Waals surface area contributed by atoms with E-state index in [4.69, 9.17) is 0 Å². The summed E-state index contributed by atoms with van der Waals surface area (Å²) in [6, 6.07) is 11.0. The number of likely N-dealkylation sites (tertiary alicyclic amines) is 1. The number of rotatable bonds is 2. The van der Waals surface area contributed by atoms with Crippen LogP contribution < -0.4 is 0 Å². The van der Waals surface area contributed by atoms with Gasteiger partial charge in [-0.1, -0.05) is 49.6 Å². The number of β-amino-alcohol motifs (C(OH)–C–C–N with tert-alkyl or cyclic N) is 1. The molecule has 1 heterocycles. The molecule has 1 N–H and O–H groups in total. The van der Waals surface area contributed by atoms with Gasteiger partial charge < -0.3 is 5.11 Å². The van der Waals surface area contributed by atoms with Crippen LogP contribution in [0.4, 0.5) is 0 Å². The zero-order chi connectivity index (χ0) is 13.1. The SMILES string of the molecule is O[C@H]1CCCN(C2(c3ccccc3)CCCCC2)C1. The Balaban J connectivity index is 1.92. The summed E-state index contributed by atoms with van der Waals surface area (Å²) in [5, 5.41) is 10.0. The molecule has 2 nitrogen and oxygen atoms in total. The smallest absolute Gasteiger partial charge is 0.0667 e. The lowest BCUT2D eigenvalue weighted by atomic mass is 9.74. The molecule has 1 aliphatic heterocycles. The maximum atomic E-state index is 10.0. The lowest BCUT2D eigenvalue weighted by Crippen LogP contribution is -2.52. The van der Waals surface area contributed by atoms with Gasteiger partial charge in [0.15, 0.2) is 0 Å². The quantitative estimate of drug-likeness (QED) is 0.881. The van der Waals surface area contributed by atoms with E-state index in [1.165, 1.54) is 37.7 Å². The fraction of sp³-hybridized carbons (Fsp3) is 0.647. The lowest BCUT2D eigenvalue weighted by molar-refractivity contribution is -0.0212. The van der Waals surface area contributed by atoms with Crippen LogP contribution in [0, 0.1) is 0 Å². The molecule has 1 aliphatic carbocycles. The zero-order valence-corrected chi connectivity index (χ0v) is 11.7. The third kappa shape index (κ3) is 2.56. The van der Waals surface area contributed by atoms with E-state index in [9.17, 15) is 5.11 Å². The van der Waals surface area contributed by atoms with Gasteiger partial charge in [-0.3, -0.25) is 4.90 Å². The van der Waals surface area contributed by atoms with E-state index in [2.05, 4.69) is 35.2 Å². The molecule has 2 fully saturated rings. The molecule has 3 rings (SSSR count). The van der Waals surface area contributed by atoms with Crippen molar-refractivity contribution in [2.24, 2.45) is 0 Å². The number of piperidine rings is 1. The third-order valence-corrected chi connectivity index (χ3v) is 4.99. The highest BCUT2D eigenvalue weighted by atomic mass is 16.3. The highest BCUT2D eigenvalue weighted by Crippen LogP contribution is 2.43. The van der Waals surface area contributed by atoms with Crippen molar-refractivity contribution in [1.82, 2.24) is 4.90 Å². The Hall–Kier alpha value is -0.860. The number of hydrogen-bond acceptors (Lipinski definition) is 2. The minimum atomic E-state index is -0.128. The topological polar surface area (TPSA) is 23.5 Å². The van der Waals surface area contributed by atoms with Gasteiger partial charge >= 0.3 is 0 Å². The Bertz CT molecular complexity index is 397. The second-order valence-electron chi connectivity index (χ2n) is 6.20. The molecule has 0 radical (unpaired) electrons. The van der Waals surface area contributed by atoms with Gasteiger partial charge in [0.2, 0.25) is 0 Å². The molecule has 0 spiro atoms. The van der Waals surface area contributed by atoms with Crippen LogP contribution in [-0.4, -0.2) is 29.2 Å². The molecule has 104 valence electrons. The molecule has 0 amide bonds. The van der Waals surface area contributed by atoms with Gasteiger partial charge in [-0.05, 0) is 37.8 Å². The normalized spacial score (nSPS) is 28.2. The highest BCUT2D eigenvalue weighted by molar-refractivity contribution is 5.25. The first-order valence-electron chi connectivity index (χ1n) is 7.80. The number of aliphatic hydroxyl groups is 1. The van der Waals surface area contributed by atoms with Crippen LogP contribution in [0.25, 0.3) is 0 Å². The van der Waals surface area contributed by atoms with Crippen molar-refractivity contribution in [3.05, 3.63) is 35.9 Å². The van der Waals surface area contributed by atoms with Crippen LogP contribution in [0.1, 0.15) is 50.5 Å². The first kappa shape index (κ1) is 13.1. The molecule has 0 aromatic heterocycles. The molecule has 19 heavy (non-hydrogen) atoms. The van der Waals surface area contributed by atoms with Crippen LogP contribution in [0.5, 0.6) is 0 Å². The average molecular weight is 259 g/mol. The van der Waals surface area contributed by atoms with Gasteiger partial charge in [0, 0.05) is 12.1 Å². The Morgan fingerprint density at radius 2 is 1.74 bits per heavy atom. The van der Waals surface area contributed by atoms with Crippen LogP contribution in [-0.2, 0) is 5.54 Å². The van der Waals surface area contributed by atoms with E-state index >= 15 is 0 Å². The van der Waals surface area contributed by atoms with E-state index in [0.29, 0.717) is 0 Å². The van der Waals surface area contributed by atoms with Crippen molar-refractivity contribution >= 4 is 0 Å². The molecule has 1 saturated carbocycles. The van der Waals surface area contributed by atoms with Crippen molar-refractivity contribution in [3.63, 3.8) is 0 Å². The summed E-state index contributed by atoms with van der Waals surface area (Å²) in [5.74, 6) is 0. The van der Waals surface area contributed by atoms with Gasteiger partial charge in [-0.25, -0.2) is 0 Å². The molecule has 2 aliphatic rings.